The van der Waals surface area contributed by atoms with E-state index >= 15 is 0 Å². The Morgan fingerprint density at radius 2 is 1.92 bits per heavy atom. The fourth-order valence-corrected chi connectivity index (χ4v) is 3.04. The van der Waals surface area contributed by atoms with Gasteiger partial charge in [0.15, 0.2) is 0 Å². The number of hydrogen-bond acceptors (Lipinski definition) is 5. The van der Waals surface area contributed by atoms with Crippen LogP contribution >= 0.6 is 0 Å². The van der Waals surface area contributed by atoms with Gasteiger partial charge >= 0.3 is 0 Å². The van der Waals surface area contributed by atoms with E-state index in [2.05, 4.69) is 25.5 Å². The molecule has 1 aromatic rings. The summed E-state index contributed by atoms with van der Waals surface area (Å²) in [6.07, 6.45) is 8.37. The predicted octanol–water partition coefficient (Wildman–Crippen LogP) is 2.60. The molecule has 0 radical (unpaired) electrons. The van der Waals surface area contributed by atoms with Crippen LogP contribution in [0.25, 0.3) is 0 Å². The Bertz CT molecular complexity index is 524. The molecule has 0 spiro atoms. The van der Waals surface area contributed by atoms with E-state index in [1.54, 1.807) is 6.07 Å². The predicted molar refractivity (Wildman–Crippen MR) is 97.4 cm³/mol. The number of aryl methyl sites for hydroxylation is 1. The molecule has 6 nitrogen and oxygen atoms in total. The molecule has 0 atom stereocenters. The van der Waals surface area contributed by atoms with Crippen molar-refractivity contribution in [1.82, 2.24) is 20.2 Å². The summed E-state index contributed by atoms with van der Waals surface area (Å²) < 4.78 is 0. The molecule has 6 heteroatoms. The second-order valence-corrected chi connectivity index (χ2v) is 6.96. The molecule has 1 fully saturated rings. The number of anilines is 1. The van der Waals surface area contributed by atoms with Gasteiger partial charge in [-0.3, -0.25) is 4.79 Å². The van der Waals surface area contributed by atoms with Gasteiger partial charge in [0.2, 0.25) is 5.95 Å². The molecule has 1 aromatic heterocycles. The van der Waals surface area contributed by atoms with Crippen LogP contribution in [0.4, 0.5) is 5.95 Å². The minimum atomic E-state index is -0.122. The molecule has 1 saturated carbocycles. The summed E-state index contributed by atoms with van der Waals surface area (Å²) >= 11 is 0. The molecule has 24 heavy (non-hydrogen) atoms. The van der Waals surface area contributed by atoms with Crippen LogP contribution in [0.2, 0.25) is 0 Å². The highest BCUT2D eigenvalue weighted by Crippen LogP contribution is 2.20. The van der Waals surface area contributed by atoms with Crippen molar-refractivity contribution in [3.05, 3.63) is 17.5 Å². The standard InChI is InChI=1S/C18H31N5O/c1-14-13-16(17(24)19-11-8-12-23(2)3)22-18(20-14)21-15-9-6-4-5-7-10-15/h13,15H,4-12H2,1-3H3,(H,19,24)(H,20,21,22). The van der Waals surface area contributed by atoms with Gasteiger partial charge in [0.25, 0.3) is 5.91 Å². The Morgan fingerprint density at radius 1 is 1.21 bits per heavy atom. The van der Waals surface area contributed by atoms with Crippen LogP contribution in [0.1, 0.15) is 61.1 Å². The van der Waals surface area contributed by atoms with Gasteiger partial charge in [0, 0.05) is 18.3 Å². The lowest BCUT2D eigenvalue weighted by Gasteiger charge is -2.17. The average molecular weight is 333 g/mol. The normalized spacial score (nSPS) is 16.0. The van der Waals surface area contributed by atoms with E-state index < -0.39 is 0 Å². The molecule has 0 aromatic carbocycles. The van der Waals surface area contributed by atoms with Crippen LogP contribution < -0.4 is 10.6 Å². The zero-order chi connectivity index (χ0) is 17.4. The molecule has 0 aliphatic heterocycles. The van der Waals surface area contributed by atoms with Crippen molar-refractivity contribution in [1.29, 1.82) is 0 Å². The summed E-state index contributed by atoms with van der Waals surface area (Å²) in [4.78, 5) is 23.3. The molecule has 0 unspecified atom stereocenters. The minimum absolute atomic E-state index is 0.122. The lowest BCUT2D eigenvalue weighted by molar-refractivity contribution is 0.0947. The van der Waals surface area contributed by atoms with Crippen molar-refractivity contribution in [3.63, 3.8) is 0 Å². The molecule has 2 rings (SSSR count). The number of nitrogens with zero attached hydrogens (tertiary/aromatic N) is 3. The lowest BCUT2D eigenvalue weighted by Crippen LogP contribution is -2.28. The van der Waals surface area contributed by atoms with Gasteiger partial charge in [-0.1, -0.05) is 25.7 Å². The number of carbonyl (C=O) groups excluding carboxylic acids is 1. The number of carbonyl (C=O) groups is 1. The zero-order valence-corrected chi connectivity index (χ0v) is 15.3. The van der Waals surface area contributed by atoms with Gasteiger partial charge in [-0.05, 0) is 52.9 Å². The van der Waals surface area contributed by atoms with Crippen LogP contribution in [-0.4, -0.2) is 54.0 Å². The molecule has 1 aliphatic carbocycles. The Labute approximate surface area is 145 Å². The molecule has 1 aliphatic rings. The van der Waals surface area contributed by atoms with E-state index in [1.165, 1.54) is 25.7 Å². The summed E-state index contributed by atoms with van der Waals surface area (Å²) in [5.74, 6) is 0.462. The van der Waals surface area contributed by atoms with E-state index in [-0.39, 0.29) is 5.91 Å². The monoisotopic (exact) mass is 333 g/mol. The molecule has 2 N–H and O–H groups in total. The first-order chi connectivity index (χ1) is 11.5. The van der Waals surface area contributed by atoms with Crippen LogP contribution in [0.5, 0.6) is 0 Å². The first kappa shape index (κ1) is 18.6. The maximum atomic E-state index is 12.3. The van der Waals surface area contributed by atoms with E-state index in [4.69, 9.17) is 0 Å². The van der Waals surface area contributed by atoms with E-state index in [0.717, 1.165) is 31.5 Å². The second-order valence-electron chi connectivity index (χ2n) is 6.96. The fraction of sp³-hybridized carbons (Fsp3) is 0.722. The van der Waals surface area contributed by atoms with Crippen molar-refractivity contribution < 1.29 is 4.79 Å². The van der Waals surface area contributed by atoms with Crippen LogP contribution in [-0.2, 0) is 0 Å². The average Bonchev–Trinajstić information content (AvgIpc) is 2.79. The first-order valence-electron chi connectivity index (χ1n) is 9.10. The third-order valence-electron chi connectivity index (χ3n) is 4.34. The first-order valence-corrected chi connectivity index (χ1v) is 9.10. The minimum Gasteiger partial charge on any atom is -0.351 e. The number of amides is 1. The van der Waals surface area contributed by atoms with Crippen molar-refractivity contribution in [2.75, 3.05) is 32.5 Å². The highest BCUT2D eigenvalue weighted by molar-refractivity contribution is 5.92. The van der Waals surface area contributed by atoms with Gasteiger partial charge in [0.05, 0.1) is 0 Å². The Morgan fingerprint density at radius 3 is 2.58 bits per heavy atom. The number of nitrogens with one attached hydrogen (secondary N) is 2. The van der Waals surface area contributed by atoms with Crippen molar-refractivity contribution >= 4 is 11.9 Å². The van der Waals surface area contributed by atoms with E-state index in [0.29, 0.717) is 24.2 Å². The van der Waals surface area contributed by atoms with Crippen molar-refractivity contribution in [2.45, 2.75) is 57.9 Å². The zero-order valence-electron chi connectivity index (χ0n) is 15.3. The summed E-state index contributed by atoms with van der Waals surface area (Å²) in [6, 6.07) is 2.17. The maximum Gasteiger partial charge on any atom is 0.270 e. The van der Waals surface area contributed by atoms with Crippen LogP contribution in [0.15, 0.2) is 6.07 Å². The third-order valence-corrected chi connectivity index (χ3v) is 4.34. The van der Waals surface area contributed by atoms with Crippen LogP contribution in [0.3, 0.4) is 0 Å². The SMILES string of the molecule is Cc1cc(C(=O)NCCCN(C)C)nc(NC2CCCCCC2)n1. The number of aromatic nitrogens is 2. The fourth-order valence-electron chi connectivity index (χ4n) is 3.04. The van der Waals surface area contributed by atoms with Gasteiger partial charge in [-0.15, -0.1) is 0 Å². The molecular formula is C18H31N5O. The topological polar surface area (TPSA) is 70.2 Å². The second kappa shape index (κ2) is 9.57. The van der Waals surface area contributed by atoms with Gasteiger partial charge < -0.3 is 15.5 Å². The Hall–Kier alpha value is -1.69. The maximum absolute atomic E-state index is 12.3. The van der Waals surface area contributed by atoms with Gasteiger partial charge in [-0.25, -0.2) is 9.97 Å². The summed E-state index contributed by atoms with van der Waals surface area (Å²) in [7, 11) is 4.06. The quantitative estimate of drug-likeness (QED) is 0.593. The largest absolute Gasteiger partial charge is 0.351 e. The summed E-state index contributed by atoms with van der Waals surface area (Å²) in [5, 5.41) is 6.37. The highest BCUT2D eigenvalue weighted by Gasteiger charge is 2.15. The molecule has 1 amide bonds. The smallest absolute Gasteiger partial charge is 0.270 e. The summed E-state index contributed by atoms with van der Waals surface area (Å²) in [6.45, 7) is 3.52. The Kier molecular flexibility index (Phi) is 7.43. The molecular weight excluding hydrogens is 302 g/mol. The third kappa shape index (κ3) is 6.43. The van der Waals surface area contributed by atoms with Crippen molar-refractivity contribution in [3.8, 4) is 0 Å². The highest BCUT2D eigenvalue weighted by atomic mass is 16.1. The van der Waals surface area contributed by atoms with E-state index in [1.807, 2.05) is 21.0 Å². The molecule has 0 saturated heterocycles. The molecule has 1 heterocycles. The lowest BCUT2D eigenvalue weighted by atomic mass is 10.1. The Balaban J connectivity index is 1.92. The van der Waals surface area contributed by atoms with Gasteiger partial charge in [0.1, 0.15) is 5.69 Å². The molecule has 134 valence electrons. The molecule has 0 bridgehead atoms. The van der Waals surface area contributed by atoms with Crippen LogP contribution in [0, 0.1) is 6.92 Å². The number of hydrogen-bond donors (Lipinski definition) is 2. The van der Waals surface area contributed by atoms with Crippen molar-refractivity contribution in [2.24, 2.45) is 0 Å². The van der Waals surface area contributed by atoms with Gasteiger partial charge in [-0.2, -0.15) is 0 Å². The summed E-state index contributed by atoms with van der Waals surface area (Å²) in [5.41, 5.74) is 1.27. The van der Waals surface area contributed by atoms with E-state index in [9.17, 15) is 4.79 Å². The number of rotatable bonds is 7.